The van der Waals surface area contributed by atoms with Crippen LogP contribution in [0.5, 0.6) is 0 Å². The first-order chi connectivity index (χ1) is 12.0. The Bertz CT molecular complexity index is 755. The van der Waals surface area contributed by atoms with E-state index in [2.05, 4.69) is 17.1 Å². The van der Waals surface area contributed by atoms with Crippen molar-refractivity contribution >= 4 is 15.7 Å². The number of nitro benzene ring substituents is 1. The van der Waals surface area contributed by atoms with Crippen molar-refractivity contribution in [2.45, 2.75) is 24.2 Å². The van der Waals surface area contributed by atoms with Gasteiger partial charge in [0.1, 0.15) is 0 Å². The van der Waals surface area contributed by atoms with Crippen LogP contribution in [0.1, 0.15) is 19.3 Å². The van der Waals surface area contributed by atoms with Crippen LogP contribution in [-0.4, -0.2) is 55.3 Å². The molecule has 1 atom stereocenters. The van der Waals surface area contributed by atoms with E-state index in [9.17, 15) is 18.5 Å². The van der Waals surface area contributed by atoms with E-state index in [1.165, 1.54) is 35.0 Å². The lowest BCUT2D eigenvalue weighted by Gasteiger charge is -2.36. The number of para-hydroxylation sites is 1. The normalized spacial score (nSPS) is 22.8. The second-order valence-corrected chi connectivity index (χ2v) is 8.49. The molecule has 0 amide bonds. The van der Waals surface area contributed by atoms with Crippen molar-refractivity contribution in [2.75, 3.05) is 32.7 Å². The first-order valence-electron chi connectivity index (χ1n) is 8.59. The fourth-order valence-electron chi connectivity index (χ4n) is 3.50. The Morgan fingerprint density at radius 3 is 2.48 bits per heavy atom. The zero-order valence-electron chi connectivity index (χ0n) is 14.1. The molecule has 1 fully saturated rings. The van der Waals surface area contributed by atoms with E-state index in [0.29, 0.717) is 32.1 Å². The van der Waals surface area contributed by atoms with E-state index in [1.54, 1.807) is 0 Å². The molecular formula is C17H23N3O4S. The lowest BCUT2D eigenvalue weighted by atomic mass is 9.94. The van der Waals surface area contributed by atoms with Gasteiger partial charge in [-0.05, 0) is 31.2 Å². The van der Waals surface area contributed by atoms with Crippen molar-refractivity contribution in [2.24, 2.45) is 5.92 Å². The van der Waals surface area contributed by atoms with Gasteiger partial charge in [0.25, 0.3) is 5.69 Å². The molecule has 0 aromatic heterocycles. The Morgan fingerprint density at radius 2 is 1.84 bits per heavy atom. The number of sulfonamides is 1. The fourth-order valence-corrected chi connectivity index (χ4v) is 5.08. The molecule has 0 unspecified atom stereocenters. The molecule has 1 heterocycles. The maximum absolute atomic E-state index is 12.8. The Hall–Kier alpha value is -1.77. The third kappa shape index (κ3) is 4.08. The molecule has 1 aliphatic carbocycles. The molecule has 0 N–H and O–H groups in total. The van der Waals surface area contributed by atoms with E-state index in [1.807, 2.05) is 0 Å². The van der Waals surface area contributed by atoms with Gasteiger partial charge in [0.15, 0.2) is 4.90 Å². The SMILES string of the molecule is O=[N+]([O-])c1ccccc1S(=O)(=O)N1CCN(C[C@H]2CC=CCC2)CC1. The fraction of sp³-hybridized carbons (Fsp3) is 0.529. The Balaban J connectivity index is 1.66. The van der Waals surface area contributed by atoms with E-state index in [0.717, 1.165) is 19.4 Å². The monoisotopic (exact) mass is 365 g/mol. The molecule has 1 aliphatic heterocycles. The number of allylic oxidation sites excluding steroid dienone is 2. The smallest absolute Gasteiger partial charge is 0.289 e. The minimum absolute atomic E-state index is 0.217. The molecule has 7 nitrogen and oxygen atoms in total. The number of hydrogen-bond donors (Lipinski definition) is 0. The first-order valence-corrected chi connectivity index (χ1v) is 10.0. The van der Waals surface area contributed by atoms with Gasteiger partial charge in [0, 0.05) is 38.8 Å². The summed E-state index contributed by atoms with van der Waals surface area (Å²) < 4.78 is 27.0. The number of benzene rings is 1. The van der Waals surface area contributed by atoms with Crippen molar-refractivity contribution in [1.82, 2.24) is 9.21 Å². The van der Waals surface area contributed by atoms with Gasteiger partial charge in [-0.2, -0.15) is 4.31 Å². The third-order valence-electron chi connectivity index (χ3n) is 4.91. The lowest BCUT2D eigenvalue weighted by molar-refractivity contribution is -0.387. The number of hydrogen-bond acceptors (Lipinski definition) is 5. The predicted molar refractivity (Wildman–Crippen MR) is 94.8 cm³/mol. The molecule has 25 heavy (non-hydrogen) atoms. The zero-order chi connectivity index (χ0) is 17.9. The highest BCUT2D eigenvalue weighted by Gasteiger charge is 2.33. The van der Waals surface area contributed by atoms with Crippen molar-refractivity contribution < 1.29 is 13.3 Å². The maximum Gasteiger partial charge on any atom is 0.289 e. The highest BCUT2D eigenvalue weighted by Crippen LogP contribution is 2.27. The van der Waals surface area contributed by atoms with Crippen molar-refractivity contribution in [3.63, 3.8) is 0 Å². The molecular weight excluding hydrogens is 342 g/mol. The molecule has 1 aromatic rings. The van der Waals surface area contributed by atoms with E-state index in [4.69, 9.17) is 0 Å². The van der Waals surface area contributed by atoms with Crippen LogP contribution >= 0.6 is 0 Å². The summed E-state index contributed by atoms with van der Waals surface area (Å²) in [5.74, 6) is 0.642. The summed E-state index contributed by atoms with van der Waals surface area (Å²) in [7, 11) is -3.84. The van der Waals surface area contributed by atoms with Crippen molar-refractivity contribution in [3.8, 4) is 0 Å². The molecule has 3 rings (SSSR count). The van der Waals surface area contributed by atoms with Gasteiger partial charge in [0.2, 0.25) is 10.0 Å². The Kier molecular flexibility index (Phi) is 5.51. The quantitative estimate of drug-likeness (QED) is 0.454. The number of nitro groups is 1. The van der Waals surface area contributed by atoms with Crippen LogP contribution in [0.2, 0.25) is 0 Å². The first kappa shape index (κ1) is 18.0. The molecule has 2 aliphatic rings. The summed E-state index contributed by atoms with van der Waals surface area (Å²) in [6, 6.07) is 5.55. The molecule has 0 radical (unpaired) electrons. The van der Waals surface area contributed by atoms with E-state index < -0.39 is 14.9 Å². The number of piperazine rings is 1. The van der Waals surface area contributed by atoms with Crippen molar-refractivity contribution in [3.05, 3.63) is 46.5 Å². The summed E-state index contributed by atoms with van der Waals surface area (Å²) in [6.07, 6.45) is 7.84. The lowest BCUT2D eigenvalue weighted by Crippen LogP contribution is -2.49. The molecule has 0 spiro atoms. The number of nitrogens with zero attached hydrogens (tertiary/aromatic N) is 3. The number of rotatable bonds is 5. The molecule has 0 bridgehead atoms. The molecule has 8 heteroatoms. The summed E-state index contributed by atoms with van der Waals surface area (Å²) in [6.45, 7) is 3.07. The van der Waals surface area contributed by atoms with Gasteiger partial charge in [0.05, 0.1) is 4.92 Å². The van der Waals surface area contributed by atoms with Gasteiger partial charge >= 0.3 is 0 Å². The molecule has 1 saturated heterocycles. The van der Waals surface area contributed by atoms with Crippen LogP contribution in [0.25, 0.3) is 0 Å². The zero-order valence-corrected chi connectivity index (χ0v) is 14.9. The average molecular weight is 365 g/mol. The second-order valence-electron chi connectivity index (χ2n) is 6.58. The minimum Gasteiger partial charge on any atom is -0.300 e. The highest BCUT2D eigenvalue weighted by molar-refractivity contribution is 7.89. The van der Waals surface area contributed by atoms with Crippen LogP contribution in [0.3, 0.4) is 0 Å². The highest BCUT2D eigenvalue weighted by atomic mass is 32.2. The van der Waals surface area contributed by atoms with Gasteiger partial charge in [-0.3, -0.25) is 10.1 Å². The maximum atomic E-state index is 12.8. The largest absolute Gasteiger partial charge is 0.300 e. The second kappa shape index (κ2) is 7.63. The van der Waals surface area contributed by atoms with Crippen molar-refractivity contribution in [1.29, 1.82) is 0 Å². The summed E-state index contributed by atoms with van der Waals surface area (Å²) in [4.78, 5) is 12.6. The van der Waals surface area contributed by atoms with Gasteiger partial charge in [-0.15, -0.1) is 0 Å². The van der Waals surface area contributed by atoms with Gasteiger partial charge in [-0.25, -0.2) is 8.42 Å². The Labute approximate surface area is 148 Å². The standard InChI is InChI=1S/C17H23N3O4S/c21-20(22)16-8-4-5-9-17(16)25(23,24)19-12-10-18(11-13-19)14-15-6-2-1-3-7-15/h1-2,4-5,8-9,15H,3,6-7,10-14H2/t15-/m0/s1. The minimum atomic E-state index is -3.84. The van der Waals surface area contributed by atoms with Crippen LogP contribution in [0.15, 0.2) is 41.3 Å². The molecule has 136 valence electrons. The average Bonchev–Trinajstić information content (AvgIpc) is 2.63. The summed E-state index contributed by atoms with van der Waals surface area (Å²) in [5.41, 5.74) is -0.362. The van der Waals surface area contributed by atoms with Gasteiger partial charge in [-0.1, -0.05) is 24.3 Å². The van der Waals surface area contributed by atoms with Crippen LogP contribution in [0, 0.1) is 16.0 Å². The van der Waals surface area contributed by atoms with E-state index in [-0.39, 0.29) is 10.6 Å². The summed E-state index contributed by atoms with van der Waals surface area (Å²) in [5, 5.41) is 11.1. The Morgan fingerprint density at radius 1 is 1.12 bits per heavy atom. The predicted octanol–water partition coefficient (Wildman–Crippen LogP) is 2.26. The van der Waals surface area contributed by atoms with Crippen LogP contribution < -0.4 is 0 Å². The summed E-state index contributed by atoms with van der Waals surface area (Å²) >= 11 is 0. The van der Waals surface area contributed by atoms with E-state index >= 15 is 0 Å². The third-order valence-corrected chi connectivity index (χ3v) is 6.85. The molecule has 1 aromatic carbocycles. The van der Waals surface area contributed by atoms with Gasteiger partial charge < -0.3 is 4.90 Å². The van der Waals surface area contributed by atoms with Crippen LogP contribution in [-0.2, 0) is 10.0 Å². The molecule has 0 saturated carbocycles. The van der Waals surface area contributed by atoms with Crippen LogP contribution in [0.4, 0.5) is 5.69 Å². The topological polar surface area (TPSA) is 83.8 Å².